The molecule has 0 aliphatic heterocycles. The average Bonchev–Trinajstić information content (AvgIpc) is 2.69. The zero-order chi connectivity index (χ0) is 24.8. The molecule has 10 nitrogen and oxygen atoms in total. The summed E-state index contributed by atoms with van der Waals surface area (Å²) in [4.78, 5) is 40.1. The molecule has 0 unspecified atom stereocenters. The number of primary amides is 1. The Labute approximate surface area is 196 Å². The number of Topliss-reactive ketones (excluding diaryl/α,β-unsaturated/α-hetero) is 2. The lowest BCUT2D eigenvalue weighted by Crippen LogP contribution is -2.67. The van der Waals surface area contributed by atoms with E-state index in [-0.39, 0.29) is 17.5 Å². The van der Waals surface area contributed by atoms with E-state index < -0.39 is 75.0 Å². The minimum absolute atomic E-state index is 0.133. The van der Waals surface area contributed by atoms with Gasteiger partial charge in [-0.05, 0) is 39.6 Å². The van der Waals surface area contributed by atoms with Gasteiger partial charge in [-0.25, -0.2) is 0 Å². The highest BCUT2D eigenvalue weighted by atomic mass is 79.9. The molecular formula is C22H23BrN2O8. The maximum absolute atomic E-state index is 13.7. The van der Waals surface area contributed by atoms with E-state index in [0.717, 1.165) is 0 Å². The third kappa shape index (κ3) is 2.79. The SMILES string of the molecule is CN(C)[C@@H]1C(=O)C(C(N)=O)=C(O)[C@@]2(O)C(=O)C3=C(O)c4c(O)ccc(Br)c4[C@](C)(O)[C@H]3C[C@@H]12. The van der Waals surface area contributed by atoms with Crippen molar-refractivity contribution in [1.29, 1.82) is 0 Å². The highest BCUT2D eigenvalue weighted by molar-refractivity contribution is 9.10. The van der Waals surface area contributed by atoms with Gasteiger partial charge in [-0.15, -0.1) is 0 Å². The number of fused-ring (bicyclic) bond motifs is 3. The van der Waals surface area contributed by atoms with Gasteiger partial charge in [0, 0.05) is 27.4 Å². The van der Waals surface area contributed by atoms with Crippen molar-refractivity contribution in [1.82, 2.24) is 4.90 Å². The molecule has 176 valence electrons. The number of likely N-dealkylation sites (N-methyl/N-ethyl adjacent to an activating group) is 1. The Kier molecular flexibility index (Phi) is 5.06. The van der Waals surface area contributed by atoms with Gasteiger partial charge in [-0.3, -0.25) is 19.3 Å². The Bertz CT molecular complexity index is 1200. The molecule has 33 heavy (non-hydrogen) atoms. The lowest BCUT2D eigenvalue weighted by molar-refractivity contribution is -0.159. The monoisotopic (exact) mass is 522 g/mol. The number of hydrogen-bond acceptors (Lipinski definition) is 9. The third-order valence-electron chi connectivity index (χ3n) is 7.07. The molecule has 3 aliphatic rings. The van der Waals surface area contributed by atoms with Crippen LogP contribution in [0.2, 0.25) is 0 Å². The number of amides is 1. The first kappa shape index (κ1) is 23.4. The van der Waals surface area contributed by atoms with E-state index in [1.165, 1.54) is 38.1 Å². The molecule has 0 aromatic heterocycles. The molecular weight excluding hydrogens is 500 g/mol. The normalized spacial score (nSPS) is 33.7. The van der Waals surface area contributed by atoms with Crippen LogP contribution in [-0.2, 0) is 20.0 Å². The van der Waals surface area contributed by atoms with E-state index >= 15 is 0 Å². The van der Waals surface area contributed by atoms with Crippen molar-refractivity contribution < 1.29 is 39.9 Å². The Morgan fingerprint density at radius 2 is 1.79 bits per heavy atom. The highest BCUT2D eigenvalue weighted by Crippen LogP contribution is 2.58. The summed E-state index contributed by atoms with van der Waals surface area (Å²) in [6.07, 6.45) is -0.221. The molecule has 0 spiro atoms. The van der Waals surface area contributed by atoms with E-state index in [2.05, 4.69) is 15.9 Å². The molecule has 3 aliphatic carbocycles. The summed E-state index contributed by atoms with van der Waals surface area (Å²) in [6, 6.07) is 1.50. The number of phenols is 1. The number of aliphatic hydroxyl groups excluding tert-OH is 2. The van der Waals surface area contributed by atoms with Crippen LogP contribution in [0.1, 0.15) is 24.5 Å². The second kappa shape index (κ2) is 7.13. The van der Waals surface area contributed by atoms with Crippen LogP contribution in [0.15, 0.2) is 33.5 Å². The van der Waals surface area contributed by atoms with Gasteiger partial charge in [0.05, 0.1) is 17.2 Å². The molecule has 1 fully saturated rings. The number of carbonyl (C=O) groups is 3. The zero-order valence-electron chi connectivity index (χ0n) is 18.0. The van der Waals surface area contributed by atoms with Crippen LogP contribution < -0.4 is 5.73 Å². The summed E-state index contributed by atoms with van der Waals surface area (Å²) in [5.41, 5.74) is -0.701. The number of nitrogens with zero attached hydrogens (tertiary/aromatic N) is 1. The fourth-order valence-corrected chi connectivity index (χ4v) is 6.31. The van der Waals surface area contributed by atoms with Gasteiger partial charge >= 0.3 is 0 Å². The zero-order valence-corrected chi connectivity index (χ0v) is 19.5. The molecule has 0 heterocycles. The first-order chi connectivity index (χ1) is 15.2. The number of rotatable bonds is 2. The fourth-order valence-electron chi connectivity index (χ4n) is 5.58. The van der Waals surface area contributed by atoms with Gasteiger partial charge in [-0.1, -0.05) is 15.9 Å². The molecule has 5 atom stereocenters. The Hall–Kier alpha value is -2.73. The maximum atomic E-state index is 13.7. The number of aromatic hydroxyl groups is 1. The molecule has 1 aromatic rings. The van der Waals surface area contributed by atoms with Crippen molar-refractivity contribution in [3.05, 3.63) is 44.6 Å². The summed E-state index contributed by atoms with van der Waals surface area (Å²) in [5.74, 6) is -8.03. The Balaban J connectivity index is 2.07. The minimum atomic E-state index is -2.76. The maximum Gasteiger partial charge on any atom is 0.255 e. The largest absolute Gasteiger partial charge is 0.508 e. The first-order valence-electron chi connectivity index (χ1n) is 10.1. The van der Waals surface area contributed by atoms with Gasteiger partial charge in [0.15, 0.2) is 11.4 Å². The molecule has 0 radical (unpaired) electrons. The summed E-state index contributed by atoms with van der Waals surface area (Å²) >= 11 is 3.31. The van der Waals surface area contributed by atoms with Crippen LogP contribution in [0.5, 0.6) is 5.75 Å². The Morgan fingerprint density at radius 1 is 1.18 bits per heavy atom. The molecule has 7 N–H and O–H groups in total. The number of benzene rings is 1. The number of ketones is 2. The van der Waals surface area contributed by atoms with Gasteiger partial charge in [-0.2, -0.15) is 0 Å². The van der Waals surface area contributed by atoms with Crippen LogP contribution in [0, 0.1) is 11.8 Å². The number of phenolic OH excluding ortho intramolecular Hbond substituents is 1. The number of hydrogen-bond donors (Lipinski definition) is 6. The van der Waals surface area contributed by atoms with Crippen LogP contribution in [0.4, 0.5) is 0 Å². The molecule has 1 aromatic carbocycles. The van der Waals surface area contributed by atoms with Crippen molar-refractivity contribution in [2.75, 3.05) is 14.1 Å². The van der Waals surface area contributed by atoms with E-state index in [1.807, 2.05) is 0 Å². The van der Waals surface area contributed by atoms with Crippen LogP contribution in [0.3, 0.4) is 0 Å². The van der Waals surface area contributed by atoms with Crippen molar-refractivity contribution in [2.24, 2.45) is 17.6 Å². The number of aliphatic hydroxyl groups is 4. The predicted molar refractivity (Wildman–Crippen MR) is 118 cm³/mol. The van der Waals surface area contributed by atoms with Crippen molar-refractivity contribution in [2.45, 2.75) is 30.6 Å². The third-order valence-corrected chi connectivity index (χ3v) is 7.73. The smallest absolute Gasteiger partial charge is 0.255 e. The minimum Gasteiger partial charge on any atom is -0.508 e. The van der Waals surface area contributed by atoms with Gasteiger partial charge < -0.3 is 31.3 Å². The fraction of sp³-hybridized carbons (Fsp3) is 0.409. The summed E-state index contributed by atoms with van der Waals surface area (Å²) < 4.78 is 0.363. The highest BCUT2D eigenvalue weighted by Gasteiger charge is 2.66. The van der Waals surface area contributed by atoms with E-state index in [1.54, 1.807) is 0 Å². The molecule has 11 heteroatoms. The molecule has 0 bridgehead atoms. The Morgan fingerprint density at radius 3 is 2.33 bits per heavy atom. The quantitative estimate of drug-likeness (QED) is 0.299. The molecule has 1 amide bonds. The summed E-state index contributed by atoms with van der Waals surface area (Å²) in [6.45, 7) is 1.39. The second-order valence-electron chi connectivity index (χ2n) is 9.08. The van der Waals surface area contributed by atoms with Crippen molar-refractivity contribution >= 4 is 39.2 Å². The van der Waals surface area contributed by atoms with E-state index in [4.69, 9.17) is 5.73 Å². The van der Waals surface area contributed by atoms with Crippen LogP contribution in [-0.4, -0.2) is 73.6 Å². The predicted octanol–water partition coefficient (Wildman–Crippen LogP) is 0.392. The number of nitrogens with two attached hydrogens (primary N) is 1. The lowest BCUT2D eigenvalue weighted by Gasteiger charge is -2.53. The number of carbonyl (C=O) groups excluding carboxylic acids is 3. The lowest BCUT2D eigenvalue weighted by atomic mass is 9.54. The van der Waals surface area contributed by atoms with Crippen molar-refractivity contribution in [3.63, 3.8) is 0 Å². The van der Waals surface area contributed by atoms with Gasteiger partial charge in [0.2, 0.25) is 5.78 Å². The summed E-state index contributed by atoms with van der Waals surface area (Å²) in [7, 11) is 3.00. The average molecular weight is 523 g/mol. The van der Waals surface area contributed by atoms with Crippen LogP contribution >= 0.6 is 15.9 Å². The first-order valence-corrected chi connectivity index (χ1v) is 10.9. The van der Waals surface area contributed by atoms with E-state index in [0.29, 0.717) is 4.47 Å². The summed E-state index contributed by atoms with van der Waals surface area (Å²) in [5, 5.41) is 55.3. The number of halogens is 1. The van der Waals surface area contributed by atoms with Crippen molar-refractivity contribution in [3.8, 4) is 5.75 Å². The van der Waals surface area contributed by atoms with E-state index in [9.17, 15) is 39.9 Å². The molecule has 0 saturated heterocycles. The molecule has 1 saturated carbocycles. The topological polar surface area (TPSA) is 182 Å². The van der Waals surface area contributed by atoms with Crippen LogP contribution in [0.25, 0.3) is 5.76 Å². The van der Waals surface area contributed by atoms with Gasteiger partial charge in [0.25, 0.3) is 5.91 Å². The van der Waals surface area contributed by atoms with Gasteiger partial charge in [0.1, 0.15) is 22.8 Å². The standard InChI is InChI=1S/C22H23BrN2O8/c1-21(32)7-6-8-15(25(2)3)17(28)13(20(24)31)19(30)22(8,33)18(29)11(7)16(27)12-10(26)5-4-9(23)14(12)21/h4-5,7-8,15,26-27,30,32-33H,6H2,1-3H3,(H2,24,31)/t7-,8-,15-,21+,22-/m0/s1. The second-order valence-corrected chi connectivity index (χ2v) is 9.93. The molecule has 4 rings (SSSR count).